The van der Waals surface area contributed by atoms with Crippen LogP contribution in [0.3, 0.4) is 0 Å². The van der Waals surface area contributed by atoms with Gasteiger partial charge in [-0.05, 0) is 30.9 Å². The second-order valence-electron chi connectivity index (χ2n) is 3.77. The lowest BCUT2D eigenvalue weighted by Crippen LogP contribution is -2.34. The van der Waals surface area contributed by atoms with Crippen LogP contribution in [0.4, 0.5) is 10.1 Å². The Labute approximate surface area is 105 Å². The summed E-state index contributed by atoms with van der Waals surface area (Å²) in [5.74, 6) is 0.833. The summed E-state index contributed by atoms with van der Waals surface area (Å²) in [5.41, 5.74) is 5.77. The fourth-order valence-corrected chi connectivity index (χ4v) is 2.03. The van der Waals surface area contributed by atoms with E-state index in [1.165, 1.54) is 12.1 Å². The first-order chi connectivity index (χ1) is 8.04. The van der Waals surface area contributed by atoms with Crippen LogP contribution in [0.5, 0.6) is 0 Å². The molecule has 1 atom stereocenters. The smallest absolute Gasteiger partial charge is 0.254 e. The molecule has 0 heterocycles. The highest BCUT2D eigenvalue weighted by Gasteiger charge is 2.13. The van der Waals surface area contributed by atoms with Crippen molar-refractivity contribution in [3.8, 4) is 0 Å². The van der Waals surface area contributed by atoms with Crippen LogP contribution in [0.2, 0.25) is 0 Å². The number of nitrogens with two attached hydrogens (primary N) is 1. The van der Waals surface area contributed by atoms with E-state index in [1.807, 2.05) is 6.92 Å². The molecule has 0 spiro atoms. The van der Waals surface area contributed by atoms with E-state index in [-0.39, 0.29) is 11.6 Å². The molecular formula is C12H17FN2OS. The zero-order valence-corrected chi connectivity index (χ0v) is 10.8. The van der Waals surface area contributed by atoms with Crippen molar-refractivity contribution >= 4 is 23.4 Å². The Bertz CT molecular complexity index is 398. The highest BCUT2D eigenvalue weighted by atomic mass is 32.2. The Morgan fingerprint density at radius 2 is 2.29 bits per heavy atom. The predicted molar refractivity (Wildman–Crippen MR) is 70.7 cm³/mol. The second kappa shape index (κ2) is 6.49. The molecule has 3 N–H and O–H groups in total. The van der Waals surface area contributed by atoms with Gasteiger partial charge in [-0.3, -0.25) is 4.79 Å². The molecule has 5 heteroatoms. The normalized spacial score (nSPS) is 12.2. The number of hydrogen-bond acceptors (Lipinski definition) is 3. The lowest BCUT2D eigenvalue weighted by Gasteiger charge is -2.13. The predicted octanol–water partition coefficient (Wildman–Crippen LogP) is 2.28. The molecule has 0 aliphatic carbocycles. The number of carbonyl (C=O) groups is 1. The summed E-state index contributed by atoms with van der Waals surface area (Å²) in [4.78, 5) is 11.7. The SMILES string of the molecule is CCSCC(C)NC(=O)c1ccc(N)cc1F. The quantitative estimate of drug-likeness (QED) is 0.795. The molecule has 17 heavy (non-hydrogen) atoms. The van der Waals surface area contributed by atoms with Crippen molar-refractivity contribution in [2.45, 2.75) is 19.9 Å². The summed E-state index contributed by atoms with van der Waals surface area (Å²) in [5, 5.41) is 2.75. The summed E-state index contributed by atoms with van der Waals surface area (Å²) < 4.78 is 13.5. The molecule has 3 nitrogen and oxygen atoms in total. The third-order valence-corrected chi connectivity index (χ3v) is 3.33. The minimum atomic E-state index is -0.585. The largest absolute Gasteiger partial charge is 0.399 e. The molecule has 0 aliphatic rings. The van der Waals surface area contributed by atoms with Crippen LogP contribution in [0.1, 0.15) is 24.2 Å². The van der Waals surface area contributed by atoms with E-state index in [9.17, 15) is 9.18 Å². The third-order valence-electron chi connectivity index (χ3n) is 2.19. The summed E-state index contributed by atoms with van der Waals surface area (Å²) in [7, 11) is 0. The van der Waals surface area contributed by atoms with E-state index < -0.39 is 11.7 Å². The van der Waals surface area contributed by atoms with Crippen LogP contribution < -0.4 is 11.1 Å². The van der Waals surface area contributed by atoms with Crippen molar-refractivity contribution < 1.29 is 9.18 Å². The van der Waals surface area contributed by atoms with E-state index in [4.69, 9.17) is 5.73 Å². The highest BCUT2D eigenvalue weighted by molar-refractivity contribution is 7.99. The van der Waals surface area contributed by atoms with Crippen molar-refractivity contribution in [2.24, 2.45) is 0 Å². The maximum Gasteiger partial charge on any atom is 0.254 e. The molecule has 1 unspecified atom stereocenters. The van der Waals surface area contributed by atoms with E-state index in [0.29, 0.717) is 5.69 Å². The molecule has 1 rings (SSSR count). The first-order valence-electron chi connectivity index (χ1n) is 5.48. The topological polar surface area (TPSA) is 55.1 Å². The molecule has 94 valence electrons. The van der Waals surface area contributed by atoms with Gasteiger partial charge < -0.3 is 11.1 Å². The second-order valence-corrected chi connectivity index (χ2v) is 5.09. The molecule has 0 saturated carbocycles. The molecule has 0 fully saturated rings. The van der Waals surface area contributed by atoms with Crippen LogP contribution in [-0.4, -0.2) is 23.5 Å². The van der Waals surface area contributed by atoms with Crippen LogP contribution in [0.25, 0.3) is 0 Å². The Morgan fingerprint density at radius 1 is 1.59 bits per heavy atom. The van der Waals surface area contributed by atoms with Gasteiger partial charge >= 0.3 is 0 Å². The Balaban J connectivity index is 2.63. The van der Waals surface area contributed by atoms with Gasteiger partial charge in [0.05, 0.1) is 5.56 Å². The summed E-state index contributed by atoms with van der Waals surface area (Å²) in [6, 6.07) is 4.09. The Hall–Kier alpha value is -1.23. The van der Waals surface area contributed by atoms with Crippen molar-refractivity contribution in [2.75, 3.05) is 17.2 Å². The van der Waals surface area contributed by atoms with Gasteiger partial charge in [-0.15, -0.1) is 0 Å². The van der Waals surface area contributed by atoms with E-state index >= 15 is 0 Å². The number of carbonyl (C=O) groups excluding carboxylic acids is 1. The number of nitrogens with one attached hydrogen (secondary N) is 1. The molecule has 1 aromatic carbocycles. The summed E-state index contributed by atoms with van der Waals surface area (Å²) in [6.45, 7) is 3.95. The molecule has 1 aromatic rings. The molecule has 0 aliphatic heterocycles. The van der Waals surface area contributed by atoms with Crippen LogP contribution in [0, 0.1) is 5.82 Å². The van der Waals surface area contributed by atoms with Gasteiger partial charge in [-0.1, -0.05) is 6.92 Å². The molecule has 1 amide bonds. The van der Waals surface area contributed by atoms with E-state index in [1.54, 1.807) is 11.8 Å². The van der Waals surface area contributed by atoms with Gasteiger partial charge in [0.15, 0.2) is 0 Å². The Kier molecular flexibility index (Phi) is 5.28. The number of benzene rings is 1. The molecule has 0 aromatic heterocycles. The number of halogens is 1. The number of anilines is 1. The minimum Gasteiger partial charge on any atom is -0.399 e. The molecule has 0 bridgehead atoms. The van der Waals surface area contributed by atoms with Gasteiger partial charge in [-0.2, -0.15) is 11.8 Å². The van der Waals surface area contributed by atoms with Crippen LogP contribution in [0.15, 0.2) is 18.2 Å². The zero-order chi connectivity index (χ0) is 12.8. The number of amides is 1. The zero-order valence-electron chi connectivity index (χ0n) is 10.00. The van der Waals surface area contributed by atoms with Gasteiger partial charge in [0.1, 0.15) is 5.82 Å². The Morgan fingerprint density at radius 3 is 2.88 bits per heavy atom. The van der Waals surface area contributed by atoms with Gasteiger partial charge in [0.25, 0.3) is 5.91 Å². The van der Waals surface area contributed by atoms with E-state index in [2.05, 4.69) is 12.2 Å². The van der Waals surface area contributed by atoms with Gasteiger partial charge in [0, 0.05) is 17.5 Å². The van der Waals surface area contributed by atoms with Crippen LogP contribution >= 0.6 is 11.8 Å². The average molecular weight is 256 g/mol. The monoisotopic (exact) mass is 256 g/mol. The molecular weight excluding hydrogens is 239 g/mol. The lowest BCUT2D eigenvalue weighted by atomic mass is 10.1. The number of nitrogen functional groups attached to an aromatic ring is 1. The standard InChI is InChI=1S/C12H17FN2OS/c1-3-17-7-8(2)15-12(16)10-5-4-9(14)6-11(10)13/h4-6,8H,3,7,14H2,1-2H3,(H,15,16). The van der Waals surface area contributed by atoms with Crippen molar-refractivity contribution in [3.05, 3.63) is 29.6 Å². The lowest BCUT2D eigenvalue weighted by molar-refractivity contribution is 0.0940. The number of thioether (sulfide) groups is 1. The third kappa shape index (κ3) is 4.26. The van der Waals surface area contributed by atoms with Crippen molar-refractivity contribution in [1.82, 2.24) is 5.32 Å². The van der Waals surface area contributed by atoms with Crippen LogP contribution in [-0.2, 0) is 0 Å². The maximum atomic E-state index is 13.5. The van der Waals surface area contributed by atoms with Crippen molar-refractivity contribution in [3.63, 3.8) is 0 Å². The van der Waals surface area contributed by atoms with Gasteiger partial charge in [0.2, 0.25) is 0 Å². The van der Waals surface area contributed by atoms with E-state index in [0.717, 1.165) is 17.6 Å². The fraction of sp³-hybridized carbons (Fsp3) is 0.417. The summed E-state index contributed by atoms with van der Waals surface area (Å²) in [6.07, 6.45) is 0. The molecule has 0 radical (unpaired) electrons. The number of rotatable bonds is 5. The highest BCUT2D eigenvalue weighted by Crippen LogP contribution is 2.12. The summed E-state index contributed by atoms with van der Waals surface area (Å²) >= 11 is 1.73. The first kappa shape index (κ1) is 13.8. The maximum absolute atomic E-state index is 13.5. The van der Waals surface area contributed by atoms with Crippen molar-refractivity contribution in [1.29, 1.82) is 0 Å². The number of hydrogen-bond donors (Lipinski definition) is 2. The van der Waals surface area contributed by atoms with Gasteiger partial charge in [-0.25, -0.2) is 4.39 Å². The fourth-order valence-electron chi connectivity index (χ4n) is 1.35. The first-order valence-corrected chi connectivity index (χ1v) is 6.63. The molecule has 0 saturated heterocycles. The average Bonchev–Trinajstić information content (AvgIpc) is 2.26. The minimum absolute atomic E-state index is 0.0180.